The summed E-state index contributed by atoms with van der Waals surface area (Å²) in [7, 11) is 5.41. The first-order valence-electron chi connectivity index (χ1n) is 7.08. The van der Waals surface area contributed by atoms with Gasteiger partial charge in [-0.05, 0) is 0 Å². The summed E-state index contributed by atoms with van der Waals surface area (Å²) in [4.78, 5) is 55.5. The molecular formula is C15H22NO7. The third kappa shape index (κ3) is 9.51. The predicted octanol–water partition coefficient (Wildman–Crippen LogP) is -1.59. The van der Waals surface area contributed by atoms with E-state index in [0.29, 0.717) is 4.48 Å². The molecule has 0 spiro atoms. The second-order valence-electron chi connectivity index (χ2n) is 6.38. The van der Waals surface area contributed by atoms with Crippen molar-refractivity contribution in [3.8, 4) is 0 Å². The van der Waals surface area contributed by atoms with E-state index in [0.717, 1.165) is 0 Å². The van der Waals surface area contributed by atoms with Crippen LogP contribution >= 0.6 is 0 Å². The van der Waals surface area contributed by atoms with Crippen LogP contribution in [0.25, 0.3) is 0 Å². The van der Waals surface area contributed by atoms with Crippen LogP contribution in [0.15, 0.2) is 0 Å². The minimum absolute atomic E-state index is 0.249. The van der Waals surface area contributed by atoms with Crippen LogP contribution in [0.1, 0.15) is 26.2 Å². The molecule has 0 rings (SSSR count). The van der Waals surface area contributed by atoms with E-state index < -0.39 is 54.8 Å². The number of carbonyl (C=O) groups excluding carboxylic acids is 5. The van der Waals surface area contributed by atoms with Crippen molar-refractivity contribution in [2.45, 2.75) is 32.3 Å². The lowest BCUT2D eigenvalue weighted by molar-refractivity contribution is -0.873. The van der Waals surface area contributed by atoms with Crippen LogP contribution in [0.5, 0.6) is 0 Å². The number of rotatable bonds is 11. The van der Waals surface area contributed by atoms with Crippen molar-refractivity contribution in [1.29, 1.82) is 0 Å². The summed E-state index contributed by atoms with van der Waals surface area (Å²) in [5.74, 6) is -4.83. The number of aliphatic carboxylic acids is 1. The molecule has 2 unspecified atom stereocenters. The zero-order valence-electron chi connectivity index (χ0n) is 13.8. The Morgan fingerprint density at radius 3 is 2.09 bits per heavy atom. The van der Waals surface area contributed by atoms with E-state index in [4.69, 9.17) is 4.74 Å². The van der Waals surface area contributed by atoms with E-state index in [1.807, 2.05) is 0 Å². The first-order chi connectivity index (χ1) is 10.5. The summed E-state index contributed by atoms with van der Waals surface area (Å²) in [6, 6.07) is 0. The minimum Gasteiger partial charge on any atom is -0.550 e. The maximum absolute atomic E-state index is 12.0. The number of hydrogen-bond acceptors (Lipinski definition) is 7. The number of ketones is 2. The lowest BCUT2D eigenvalue weighted by Gasteiger charge is -2.29. The van der Waals surface area contributed by atoms with Crippen molar-refractivity contribution in [2.75, 3.05) is 27.7 Å². The molecule has 129 valence electrons. The van der Waals surface area contributed by atoms with Crippen LogP contribution < -0.4 is 5.11 Å². The van der Waals surface area contributed by atoms with Gasteiger partial charge in [0, 0.05) is 18.8 Å². The number of nitrogens with zero attached hydrogens (tertiary/aromatic N) is 1. The predicted molar refractivity (Wildman–Crippen MR) is 76.5 cm³/mol. The van der Waals surface area contributed by atoms with Crippen LogP contribution in [0.4, 0.5) is 0 Å². The van der Waals surface area contributed by atoms with Gasteiger partial charge in [-0.25, -0.2) is 0 Å². The molecule has 0 aliphatic carbocycles. The van der Waals surface area contributed by atoms with E-state index in [-0.39, 0.29) is 6.54 Å². The zero-order valence-corrected chi connectivity index (χ0v) is 13.8. The summed E-state index contributed by atoms with van der Waals surface area (Å²) in [5, 5.41) is 10.7. The smallest absolute Gasteiger partial charge is 0.309 e. The highest BCUT2D eigenvalue weighted by Crippen LogP contribution is 2.12. The molecule has 0 aliphatic heterocycles. The van der Waals surface area contributed by atoms with Gasteiger partial charge < -0.3 is 19.1 Å². The number of carbonyl (C=O) groups is 4. The second-order valence-corrected chi connectivity index (χ2v) is 6.38. The highest BCUT2D eigenvalue weighted by atomic mass is 16.5. The molecule has 0 saturated carbocycles. The molecule has 0 aromatic carbocycles. The lowest BCUT2D eigenvalue weighted by Crippen LogP contribution is -2.45. The summed E-state index contributed by atoms with van der Waals surface area (Å²) in [6.07, 6.45) is -1.08. The number of likely N-dealkylation sites (N-methyl/N-ethyl adjacent to an activating group) is 1. The minimum atomic E-state index is -1.35. The van der Waals surface area contributed by atoms with Gasteiger partial charge in [-0.15, -0.1) is 0 Å². The highest BCUT2D eigenvalue weighted by Gasteiger charge is 2.27. The Bertz CT molecular complexity index is 479. The Hall–Kier alpha value is -2.09. The van der Waals surface area contributed by atoms with E-state index in [1.54, 1.807) is 21.1 Å². The summed E-state index contributed by atoms with van der Waals surface area (Å²) >= 11 is 0. The summed E-state index contributed by atoms with van der Waals surface area (Å²) in [5.41, 5.74) is 0. The van der Waals surface area contributed by atoms with Crippen LogP contribution in [0.2, 0.25) is 0 Å². The number of carboxylic acids is 1. The van der Waals surface area contributed by atoms with E-state index >= 15 is 0 Å². The monoisotopic (exact) mass is 328 g/mol. The first kappa shape index (κ1) is 20.9. The van der Waals surface area contributed by atoms with Gasteiger partial charge in [0.2, 0.25) is 12.1 Å². The molecule has 0 N–H and O–H groups in total. The number of ether oxygens (including phenoxy) is 1. The number of quaternary nitrogens is 1. The molecule has 0 fully saturated rings. The number of carboxylic acid groups (broad SMARTS) is 1. The van der Waals surface area contributed by atoms with Crippen molar-refractivity contribution in [1.82, 2.24) is 0 Å². The molecule has 0 aromatic rings. The lowest BCUT2D eigenvalue weighted by atomic mass is 10.0. The van der Waals surface area contributed by atoms with Crippen molar-refractivity contribution in [2.24, 2.45) is 5.92 Å². The molecule has 0 amide bonds. The number of Topliss-reactive ketones (excluding diaryl/α,β-unsaturated/α-hetero) is 2. The fourth-order valence-electron chi connectivity index (χ4n) is 1.86. The maximum Gasteiger partial charge on any atom is 0.309 e. The van der Waals surface area contributed by atoms with Crippen molar-refractivity contribution >= 4 is 29.8 Å². The van der Waals surface area contributed by atoms with Gasteiger partial charge in [-0.1, -0.05) is 6.92 Å². The Morgan fingerprint density at radius 1 is 1.09 bits per heavy atom. The molecule has 0 aliphatic rings. The van der Waals surface area contributed by atoms with E-state index in [1.165, 1.54) is 13.2 Å². The molecule has 8 nitrogen and oxygen atoms in total. The molecule has 23 heavy (non-hydrogen) atoms. The Kier molecular flexibility index (Phi) is 8.31. The Labute approximate surface area is 135 Å². The molecule has 2 atom stereocenters. The SMILES string of the molecule is CC(CC(=O)C(=O)C[C]=O)C(=O)OC(CC(=O)[O-])C[N+](C)(C)C. The molecule has 1 radical (unpaired) electrons. The first-order valence-corrected chi connectivity index (χ1v) is 7.08. The summed E-state index contributed by atoms with van der Waals surface area (Å²) < 4.78 is 5.49. The largest absolute Gasteiger partial charge is 0.550 e. The van der Waals surface area contributed by atoms with Gasteiger partial charge in [-0.3, -0.25) is 19.2 Å². The Morgan fingerprint density at radius 2 is 1.65 bits per heavy atom. The quantitative estimate of drug-likeness (QED) is 0.194. The Balaban J connectivity index is 4.71. The van der Waals surface area contributed by atoms with E-state index in [2.05, 4.69) is 0 Å². The standard InChI is InChI=1S/C15H22NO7/c1-10(7-13(19)12(18)5-6-17)15(22)23-11(8-14(20)21)9-16(2,3)4/h10-11H,5,7-9H2,1-4H3. The molecule has 0 bridgehead atoms. The topological polar surface area (TPSA) is 118 Å². The number of esters is 1. The second kappa shape index (κ2) is 9.14. The normalized spacial score (nSPS) is 13.7. The van der Waals surface area contributed by atoms with Gasteiger partial charge in [0.15, 0.2) is 11.9 Å². The third-order valence-electron chi connectivity index (χ3n) is 2.87. The molecule has 8 heteroatoms. The fourth-order valence-corrected chi connectivity index (χ4v) is 1.86. The molecular weight excluding hydrogens is 306 g/mol. The molecule has 0 saturated heterocycles. The molecule has 0 heterocycles. The zero-order chi connectivity index (χ0) is 18.2. The third-order valence-corrected chi connectivity index (χ3v) is 2.87. The van der Waals surface area contributed by atoms with E-state index in [9.17, 15) is 29.1 Å². The van der Waals surface area contributed by atoms with Crippen molar-refractivity contribution in [3.63, 3.8) is 0 Å². The van der Waals surface area contributed by atoms with Gasteiger partial charge >= 0.3 is 5.97 Å². The maximum atomic E-state index is 12.0. The van der Waals surface area contributed by atoms with Crippen LogP contribution in [0.3, 0.4) is 0 Å². The average molecular weight is 328 g/mol. The summed E-state index contributed by atoms with van der Waals surface area (Å²) in [6.45, 7) is 1.64. The highest BCUT2D eigenvalue weighted by molar-refractivity contribution is 6.39. The van der Waals surface area contributed by atoms with Gasteiger partial charge in [0.05, 0.1) is 33.5 Å². The fraction of sp³-hybridized carbons (Fsp3) is 0.667. The van der Waals surface area contributed by atoms with Gasteiger partial charge in [-0.2, -0.15) is 0 Å². The van der Waals surface area contributed by atoms with Crippen molar-refractivity contribution in [3.05, 3.63) is 0 Å². The molecule has 0 aromatic heterocycles. The van der Waals surface area contributed by atoms with Crippen LogP contribution in [0, 0.1) is 5.92 Å². The van der Waals surface area contributed by atoms with Gasteiger partial charge in [0.1, 0.15) is 6.54 Å². The van der Waals surface area contributed by atoms with Crippen LogP contribution in [-0.4, -0.2) is 68.1 Å². The average Bonchev–Trinajstić information content (AvgIpc) is 2.35. The number of hydrogen-bond donors (Lipinski definition) is 0. The van der Waals surface area contributed by atoms with Crippen LogP contribution in [-0.2, 0) is 28.7 Å². The van der Waals surface area contributed by atoms with Gasteiger partial charge in [0.25, 0.3) is 0 Å². The van der Waals surface area contributed by atoms with Crippen molar-refractivity contribution < 1.29 is 38.3 Å².